The van der Waals surface area contributed by atoms with Gasteiger partial charge in [0.15, 0.2) is 0 Å². The lowest BCUT2D eigenvalue weighted by Crippen LogP contribution is -2.34. The van der Waals surface area contributed by atoms with Crippen LogP contribution >= 0.6 is 0 Å². The number of aryl methyl sites for hydroxylation is 1. The topological polar surface area (TPSA) is 88.0 Å². The number of carbonyl (C=O) groups excluding carboxylic acids is 1. The number of carbonyl (C=O) groups is 1. The molecule has 33 heavy (non-hydrogen) atoms. The van der Waals surface area contributed by atoms with Gasteiger partial charge in [0.1, 0.15) is 11.5 Å². The Labute approximate surface area is 195 Å². The Morgan fingerprint density at radius 2 is 1.91 bits per heavy atom. The summed E-state index contributed by atoms with van der Waals surface area (Å²) >= 11 is 0. The molecule has 174 valence electrons. The van der Waals surface area contributed by atoms with Crippen molar-refractivity contribution in [1.29, 1.82) is 0 Å². The van der Waals surface area contributed by atoms with Crippen molar-refractivity contribution in [3.63, 3.8) is 0 Å². The number of nitrogens with zero attached hydrogens (tertiary/aromatic N) is 5. The quantitative estimate of drug-likeness (QED) is 0.572. The molecule has 0 saturated heterocycles. The zero-order chi connectivity index (χ0) is 23.5. The molecule has 8 heteroatoms. The smallest absolute Gasteiger partial charge is 0.269 e. The van der Waals surface area contributed by atoms with E-state index in [1.54, 1.807) is 17.8 Å². The number of hydrogen-bond donors (Lipinski definition) is 2. The first-order chi connectivity index (χ1) is 15.8. The molecule has 2 aromatic heterocycles. The van der Waals surface area contributed by atoms with Crippen LogP contribution in [0.15, 0.2) is 36.9 Å². The molecule has 1 aliphatic carbocycles. The van der Waals surface area contributed by atoms with Crippen molar-refractivity contribution in [2.75, 3.05) is 30.9 Å². The summed E-state index contributed by atoms with van der Waals surface area (Å²) in [6.07, 6.45) is 4.15. The Kier molecular flexibility index (Phi) is 6.62. The van der Waals surface area contributed by atoms with Crippen LogP contribution in [-0.4, -0.2) is 52.3 Å². The van der Waals surface area contributed by atoms with E-state index in [0.717, 1.165) is 53.7 Å². The largest absolute Gasteiger partial charge is 0.362 e. The van der Waals surface area contributed by atoms with E-state index in [2.05, 4.69) is 28.4 Å². The summed E-state index contributed by atoms with van der Waals surface area (Å²) in [6.45, 7) is 6.47. The zero-order valence-electron chi connectivity index (χ0n) is 19.9. The summed E-state index contributed by atoms with van der Waals surface area (Å²) in [7, 11) is 5.79. The summed E-state index contributed by atoms with van der Waals surface area (Å²) in [5, 5.41) is 12.0. The standard InChI is InChI=1S/C25H33N7O/c1-16(2)21-14-22(32(5)30-21)24(33)26-15-17-10-12-18(13-11-17)27-25-28-20-9-7-6-8-19(20)23(29-25)31(3)4/h6-9,14,17-18H,1,10-13,15H2,2-5H3,(H,26,33)(H,27,28,29). The number of aromatic nitrogens is 4. The molecule has 1 fully saturated rings. The molecule has 1 aliphatic rings. The average Bonchev–Trinajstić information content (AvgIpc) is 3.20. The lowest BCUT2D eigenvalue weighted by Gasteiger charge is -2.29. The Bertz CT molecular complexity index is 1160. The van der Waals surface area contributed by atoms with Gasteiger partial charge in [-0.05, 0) is 62.3 Å². The van der Waals surface area contributed by atoms with Gasteiger partial charge >= 0.3 is 0 Å². The van der Waals surface area contributed by atoms with Crippen molar-refractivity contribution in [1.82, 2.24) is 25.1 Å². The first-order valence-electron chi connectivity index (χ1n) is 11.5. The van der Waals surface area contributed by atoms with Gasteiger partial charge in [-0.2, -0.15) is 10.1 Å². The summed E-state index contributed by atoms with van der Waals surface area (Å²) < 4.78 is 1.62. The second-order valence-corrected chi connectivity index (χ2v) is 9.17. The number of fused-ring (bicyclic) bond motifs is 1. The summed E-state index contributed by atoms with van der Waals surface area (Å²) in [5.74, 6) is 1.98. The molecule has 0 aliphatic heterocycles. The highest BCUT2D eigenvalue weighted by Gasteiger charge is 2.23. The molecule has 0 atom stereocenters. The molecule has 3 aromatic rings. The maximum absolute atomic E-state index is 12.6. The zero-order valence-corrected chi connectivity index (χ0v) is 19.9. The van der Waals surface area contributed by atoms with Gasteiger partial charge < -0.3 is 15.5 Å². The minimum absolute atomic E-state index is 0.0847. The molecule has 0 radical (unpaired) electrons. The van der Waals surface area contributed by atoms with Crippen molar-refractivity contribution in [2.24, 2.45) is 13.0 Å². The molecule has 1 aromatic carbocycles. The highest BCUT2D eigenvalue weighted by atomic mass is 16.2. The third-order valence-corrected chi connectivity index (χ3v) is 6.29. The molecule has 0 spiro atoms. The van der Waals surface area contributed by atoms with Gasteiger partial charge in [-0.15, -0.1) is 0 Å². The summed E-state index contributed by atoms with van der Waals surface area (Å²) in [6, 6.07) is 10.2. The van der Waals surface area contributed by atoms with Crippen molar-refractivity contribution in [3.8, 4) is 0 Å². The molecule has 1 amide bonds. The number of amides is 1. The highest BCUT2D eigenvalue weighted by Crippen LogP contribution is 2.28. The molecule has 0 unspecified atom stereocenters. The molecule has 2 N–H and O–H groups in total. The average molecular weight is 448 g/mol. The van der Waals surface area contributed by atoms with Crippen LogP contribution in [0, 0.1) is 5.92 Å². The Morgan fingerprint density at radius 1 is 1.18 bits per heavy atom. The second kappa shape index (κ2) is 9.60. The number of allylic oxidation sites excluding steroid dienone is 1. The monoisotopic (exact) mass is 447 g/mol. The van der Waals surface area contributed by atoms with Gasteiger partial charge in [0.05, 0.1) is 11.2 Å². The SMILES string of the molecule is C=C(C)c1cc(C(=O)NCC2CCC(Nc3nc(N(C)C)c4ccccc4n3)CC2)n(C)n1. The van der Waals surface area contributed by atoms with E-state index in [0.29, 0.717) is 30.1 Å². The lowest BCUT2D eigenvalue weighted by molar-refractivity contribution is 0.0934. The van der Waals surface area contributed by atoms with Gasteiger partial charge in [0, 0.05) is 39.1 Å². The Balaban J connectivity index is 1.31. The minimum atomic E-state index is -0.0847. The number of hydrogen-bond acceptors (Lipinski definition) is 6. The van der Waals surface area contributed by atoms with Crippen LogP contribution in [0.1, 0.15) is 48.8 Å². The van der Waals surface area contributed by atoms with Crippen LogP contribution in [0.5, 0.6) is 0 Å². The van der Waals surface area contributed by atoms with Crippen molar-refractivity contribution in [3.05, 3.63) is 48.3 Å². The normalized spacial score (nSPS) is 18.2. The van der Waals surface area contributed by atoms with Gasteiger partial charge in [-0.1, -0.05) is 18.7 Å². The third kappa shape index (κ3) is 5.16. The molecular formula is C25H33N7O. The number of anilines is 2. The molecular weight excluding hydrogens is 414 g/mol. The Hall–Kier alpha value is -3.42. The fourth-order valence-electron chi connectivity index (χ4n) is 4.37. The number of nitrogens with one attached hydrogen (secondary N) is 2. The van der Waals surface area contributed by atoms with E-state index in [1.165, 1.54) is 0 Å². The van der Waals surface area contributed by atoms with Crippen LogP contribution in [-0.2, 0) is 7.05 Å². The van der Waals surface area contributed by atoms with Crippen LogP contribution in [0.2, 0.25) is 0 Å². The summed E-state index contributed by atoms with van der Waals surface area (Å²) in [4.78, 5) is 24.1. The van der Waals surface area contributed by atoms with E-state index in [1.807, 2.05) is 44.1 Å². The van der Waals surface area contributed by atoms with E-state index < -0.39 is 0 Å². The first-order valence-corrected chi connectivity index (χ1v) is 11.5. The van der Waals surface area contributed by atoms with Crippen LogP contribution in [0.3, 0.4) is 0 Å². The molecule has 1 saturated carbocycles. The van der Waals surface area contributed by atoms with Crippen LogP contribution < -0.4 is 15.5 Å². The van der Waals surface area contributed by atoms with E-state index >= 15 is 0 Å². The molecule has 8 nitrogen and oxygen atoms in total. The van der Waals surface area contributed by atoms with Crippen LogP contribution in [0.4, 0.5) is 11.8 Å². The predicted octanol–water partition coefficient (Wildman–Crippen LogP) is 3.86. The maximum Gasteiger partial charge on any atom is 0.269 e. The molecule has 0 bridgehead atoms. The van der Waals surface area contributed by atoms with E-state index in [4.69, 9.17) is 9.97 Å². The predicted molar refractivity (Wildman–Crippen MR) is 133 cm³/mol. The molecule has 2 heterocycles. The highest BCUT2D eigenvalue weighted by molar-refractivity contribution is 5.93. The van der Waals surface area contributed by atoms with Crippen LogP contribution in [0.25, 0.3) is 16.5 Å². The van der Waals surface area contributed by atoms with Gasteiger partial charge in [-0.3, -0.25) is 9.48 Å². The maximum atomic E-state index is 12.6. The van der Waals surface area contributed by atoms with Gasteiger partial charge in [-0.25, -0.2) is 4.98 Å². The fraction of sp³-hybridized carbons (Fsp3) is 0.440. The Morgan fingerprint density at radius 3 is 2.58 bits per heavy atom. The molecule has 4 rings (SSSR count). The number of para-hydroxylation sites is 1. The fourth-order valence-corrected chi connectivity index (χ4v) is 4.37. The van der Waals surface area contributed by atoms with E-state index in [9.17, 15) is 4.79 Å². The van der Waals surface area contributed by atoms with E-state index in [-0.39, 0.29) is 5.91 Å². The van der Waals surface area contributed by atoms with Crippen molar-refractivity contribution in [2.45, 2.75) is 38.6 Å². The summed E-state index contributed by atoms with van der Waals surface area (Å²) in [5.41, 5.74) is 3.11. The minimum Gasteiger partial charge on any atom is -0.362 e. The van der Waals surface area contributed by atoms with Gasteiger partial charge in [0.2, 0.25) is 5.95 Å². The van der Waals surface area contributed by atoms with Gasteiger partial charge in [0.25, 0.3) is 5.91 Å². The lowest BCUT2D eigenvalue weighted by atomic mass is 9.86. The number of rotatable bonds is 7. The van der Waals surface area contributed by atoms with Crippen molar-refractivity contribution < 1.29 is 4.79 Å². The third-order valence-electron chi connectivity index (χ3n) is 6.29. The van der Waals surface area contributed by atoms with Crippen molar-refractivity contribution >= 4 is 34.1 Å². The number of benzene rings is 1. The first kappa shape index (κ1) is 22.8. The second-order valence-electron chi connectivity index (χ2n) is 9.17.